The molecule has 0 radical (unpaired) electrons. The van der Waals surface area contributed by atoms with Gasteiger partial charge < -0.3 is 14.2 Å². The number of hydrogen-bond donors (Lipinski definition) is 1. The van der Waals surface area contributed by atoms with Gasteiger partial charge in [0.25, 0.3) is 0 Å². The van der Waals surface area contributed by atoms with Crippen LogP contribution in [0.1, 0.15) is 44.0 Å². The molecule has 0 atom stereocenters. The molecule has 0 aliphatic carbocycles. The highest BCUT2D eigenvalue weighted by Gasteiger charge is 2.16. The molecule has 2 rings (SSSR count). The molecule has 0 aliphatic heterocycles. The van der Waals surface area contributed by atoms with Crippen LogP contribution in [0.2, 0.25) is 0 Å². The second-order valence-corrected chi connectivity index (χ2v) is 5.80. The van der Waals surface area contributed by atoms with Crippen molar-refractivity contribution in [3.8, 4) is 17.2 Å². The largest absolute Gasteiger partial charge is 0.493 e. The number of hydrogen-bond acceptors (Lipinski definition) is 6. The third-order valence-electron chi connectivity index (χ3n) is 4.04. The molecule has 25 heavy (non-hydrogen) atoms. The number of nitrogens with one attached hydrogen (secondary N) is 1. The third kappa shape index (κ3) is 4.01. The van der Waals surface area contributed by atoms with E-state index in [1.807, 2.05) is 12.1 Å². The zero-order valence-corrected chi connectivity index (χ0v) is 16.0. The van der Waals surface area contributed by atoms with Crippen molar-refractivity contribution >= 4 is 18.4 Å². The molecule has 1 N–H and O–H groups in total. The van der Waals surface area contributed by atoms with Crippen molar-refractivity contribution in [2.75, 3.05) is 21.3 Å². The van der Waals surface area contributed by atoms with Gasteiger partial charge in [0.05, 0.1) is 27.5 Å². The molecule has 0 aliphatic rings. The van der Waals surface area contributed by atoms with Gasteiger partial charge in [-0.3, -0.25) is 5.10 Å². The summed E-state index contributed by atoms with van der Waals surface area (Å²) in [6.45, 7) is 4.25. The molecule has 136 valence electrons. The molecular weight excluding hydrogens is 340 g/mol. The number of aromatic amines is 1. The minimum absolute atomic E-state index is 0.296. The molecule has 0 amide bonds. The maximum Gasteiger partial charge on any atom is 0.216 e. The first kappa shape index (κ1) is 19.0. The summed E-state index contributed by atoms with van der Waals surface area (Å²) >= 11 is 5.30. The van der Waals surface area contributed by atoms with Gasteiger partial charge in [0, 0.05) is 11.5 Å². The van der Waals surface area contributed by atoms with Crippen molar-refractivity contribution in [1.29, 1.82) is 0 Å². The predicted molar refractivity (Wildman–Crippen MR) is 99.8 cm³/mol. The van der Waals surface area contributed by atoms with Crippen molar-refractivity contribution in [2.45, 2.75) is 32.6 Å². The summed E-state index contributed by atoms with van der Waals surface area (Å²) in [6, 6.07) is 3.65. The van der Waals surface area contributed by atoms with E-state index in [2.05, 4.69) is 29.1 Å². The van der Waals surface area contributed by atoms with E-state index in [-0.39, 0.29) is 0 Å². The van der Waals surface area contributed by atoms with Crippen LogP contribution in [0.5, 0.6) is 17.2 Å². The van der Waals surface area contributed by atoms with Crippen LogP contribution in [0.15, 0.2) is 17.2 Å². The summed E-state index contributed by atoms with van der Waals surface area (Å²) < 4.78 is 18.2. The Bertz CT molecular complexity index is 768. The van der Waals surface area contributed by atoms with Crippen LogP contribution in [-0.4, -0.2) is 42.4 Å². The number of nitrogens with zero attached hydrogens (tertiary/aromatic N) is 3. The average Bonchev–Trinajstić information content (AvgIpc) is 3.00. The van der Waals surface area contributed by atoms with Crippen molar-refractivity contribution in [3.05, 3.63) is 28.3 Å². The first-order chi connectivity index (χ1) is 12.1. The molecule has 7 nitrogen and oxygen atoms in total. The lowest BCUT2D eigenvalue weighted by Gasteiger charge is -2.13. The van der Waals surface area contributed by atoms with E-state index in [1.54, 1.807) is 32.2 Å². The van der Waals surface area contributed by atoms with Crippen molar-refractivity contribution < 1.29 is 14.2 Å². The van der Waals surface area contributed by atoms with Crippen LogP contribution in [0.3, 0.4) is 0 Å². The van der Waals surface area contributed by atoms with E-state index in [1.165, 1.54) is 0 Å². The van der Waals surface area contributed by atoms with E-state index in [9.17, 15) is 0 Å². The Hall–Kier alpha value is -2.35. The number of aromatic nitrogens is 3. The molecule has 0 fully saturated rings. The highest BCUT2D eigenvalue weighted by atomic mass is 32.1. The van der Waals surface area contributed by atoms with Gasteiger partial charge in [0.1, 0.15) is 0 Å². The molecule has 1 heterocycles. The van der Waals surface area contributed by atoms with E-state index >= 15 is 0 Å². The van der Waals surface area contributed by atoms with Gasteiger partial charge in [-0.25, -0.2) is 0 Å². The highest BCUT2D eigenvalue weighted by molar-refractivity contribution is 7.71. The van der Waals surface area contributed by atoms with Crippen LogP contribution in [0.25, 0.3) is 0 Å². The molecule has 8 heteroatoms. The molecular formula is C17H24N4O3S. The summed E-state index contributed by atoms with van der Waals surface area (Å²) in [5.41, 5.74) is 0.799. The van der Waals surface area contributed by atoms with E-state index < -0.39 is 0 Å². The fraction of sp³-hybridized carbons (Fsp3) is 0.471. The molecule has 0 unspecified atom stereocenters. The molecule has 1 aromatic carbocycles. The number of rotatable bonds is 8. The average molecular weight is 364 g/mol. The Labute approximate surface area is 152 Å². The standard InChI is InChI=1S/C17H24N4O3S/c1-6-12(7-2)16-19-20-17(25)21(16)18-10-11-8-13(22-3)15(24-5)14(9-11)23-4/h8-10,12H,6-7H2,1-5H3,(H,20,25)/b18-10-. The minimum atomic E-state index is 0.296. The van der Waals surface area contributed by atoms with Gasteiger partial charge in [-0.1, -0.05) is 13.8 Å². The lowest BCUT2D eigenvalue weighted by Crippen LogP contribution is -2.05. The number of ether oxygens (including phenoxy) is 3. The van der Waals surface area contributed by atoms with E-state index in [0.717, 1.165) is 24.2 Å². The van der Waals surface area contributed by atoms with Gasteiger partial charge in [0.2, 0.25) is 10.5 Å². The van der Waals surface area contributed by atoms with Crippen LogP contribution >= 0.6 is 12.2 Å². The van der Waals surface area contributed by atoms with Crippen LogP contribution in [-0.2, 0) is 0 Å². The van der Waals surface area contributed by atoms with Gasteiger partial charge in [-0.2, -0.15) is 14.9 Å². The zero-order chi connectivity index (χ0) is 18.4. The quantitative estimate of drug-likeness (QED) is 0.570. The SMILES string of the molecule is CCC(CC)c1n[nH]c(=S)n1/N=C\c1cc(OC)c(OC)c(OC)c1. The number of benzene rings is 1. The van der Waals surface area contributed by atoms with E-state index in [0.29, 0.717) is 27.9 Å². The summed E-state index contributed by atoms with van der Waals surface area (Å²) in [5.74, 6) is 2.81. The van der Waals surface area contributed by atoms with Crippen molar-refractivity contribution in [1.82, 2.24) is 14.9 Å². The molecule has 0 saturated carbocycles. The molecule has 0 spiro atoms. The van der Waals surface area contributed by atoms with Crippen molar-refractivity contribution in [3.63, 3.8) is 0 Å². The number of H-pyrrole nitrogens is 1. The second kappa shape index (κ2) is 8.66. The topological polar surface area (TPSA) is 73.7 Å². The maximum atomic E-state index is 5.36. The first-order valence-corrected chi connectivity index (χ1v) is 8.51. The number of methoxy groups -OCH3 is 3. The van der Waals surface area contributed by atoms with Gasteiger partial charge >= 0.3 is 0 Å². The molecule has 1 aromatic heterocycles. The minimum Gasteiger partial charge on any atom is -0.493 e. The fourth-order valence-electron chi connectivity index (χ4n) is 2.63. The van der Waals surface area contributed by atoms with E-state index in [4.69, 9.17) is 26.4 Å². The Morgan fingerprint density at radius 1 is 1.16 bits per heavy atom. The lowest BCUT2D eigenvalue weighted by molar-refractivity contribution is 0.324. The normalized spacial score (nSPS) is 11.3. The predicted octanol–water partition coefficient (Wildman–Crippen LogP) is 3.75. The molecule has 0 bridgehead atoms. The maximum absolute atomic E-state index is 5.36. The van der Waals surface area contributed by atoms with Crippen LogP contribution in [0.4, 0.5) is 0 Å². The van der Waals surface area contributed by atoms with Crippen LogP contribution < -0.4 is 14.2 Å². The Morgan fingerprint density at radius 3 is 2.24 bits per heavy atom. The second-order valence-electron chi connectivity index (χ2n) is 5.42. The van der Waals surface area contributed by atoms with Gasteiger partial charge in [-0.05, 0) is 37.2 Å². The van der Waals surface area contributed by atoms with Crippen LogP contribution in [0, 0.1) is 4.77 Å². The van der Waals surface area contributed by atoms with Gasteiger partial charge in [-0.15, -0.1) is 0 Å². The first-order valence-electron chi connectivity index (χ1n) is 8.11. The Morgan fingerprint density at radius 2 is 1.76 bits per heavy atom. The fourth-order valence-corrected chi connectivity index (χ4v) is 2.82. The highest BCUT2D eigenvalue weighted by Crippen LogP contribution is 2.37. The summed E-state index contributed by atoms with van der Waals surface area (Å²) in [4.78, 5) is 0. The monoisotopic (exact) mass is 364 g/mol. The third-order valence-corrected chi connectivity index (χ3v) is 4.30. The smallest absolute Gasteiger partial charge is 0.216 e. The molecule has 0 saturated heterocycles. The Kier molecular flexibility index (Phi) is 6.58. The summed E-state index contributed by atoms with van der Waals surface area (Å²) in [6.07, 6.45) is 3.63. The zero-order valence-electron chi connectivity index (χ0n) is 15.2. The Balaban J connectivity index is 2.44. The molecule has 2 aromatic rings. The summed E-state index contributed by atoms with van der Waals surface area (Å²) in [7, 11) is 4.73. The lowest BCUT2D eigenvalue weighted by atomic mass is 10.0. The van der Waals surface area contributed by atoms with Gasteiger partial charge in [0.15, 0.2) is 17.3 Å². The summed E-state index contributed by atoms with van der Waals surface area (Å²) in [5, 5.41) is 11.6. The van der Waals surface area contributed by atoms with Crippen molar-refractivity contribution in [2.24, 2.45) is 5.10 Å².